The smallest absolute Gasteiger partial charge is 0.251 e. The normalized spacial score (nSPS) is 10.9. The first-order chi connectivity index (χ1) is 18.1. The highest BCUT2D eigenvalue weighted by atomic mass is 16.5. The second-order valence-corrected chi connectivity index (χ2v) is 9.07. The first-order valence-electron chi connectivity index (χ1n) is 13.6. The van der Waals surface area contributed by atoms with E-state index in [0.717, 1.165) is 13.0 Å². The van der Waals surface area contributed by atoms with Gasteiger partial charge in [-0.25, -0.2) is 0 Å². The van der Waals surface area contributed by atoms with Crippen LogP contribution >= 0.6 is 0 Å². The Balaban J connectivity index is 1.59. The minimum Gasteiger partial charge on any atom is -0.377 e. The molecule has 0 saturated carbocycles. The molecule has 0 fully saturated rings. The second kappa shape index (κ2) is 19.2. The predicted octanol–water partition coefficient (Wildman–Crippen LogP) is 4.34. The van der Waals surface area contributed by atoms with Crippen LogP contribution in [-0.4, -0.2) is 73.0 Å². The molecule has 0 spiro atoms. The third kappa shape index (κ3) is 14.4. The minimum absolute atomic E-state index is 0.0997. The van der Waals surface area contributed by atoms with E-state index in [4.69, 9.17) is 9.47 Å². The second-order valence-electron chi connectivity index (χ2n) is 9.07. The number of amides is 1. The number of nitrogens with one attached hydrogen (secondary N) is 4. The highest BCUT2D eigenvalue weighted by molar-refractivity contribution is 5.94. The molecule has 4 N–H and O–H groups in total. The molecule has 1 heterocycles. The summed E-state index contributed by atoms with van der Waals surface area (Å²) in [6.45, 7) is 10.1. The average molecular weight is 516 g/mol. The Kier molecular flexibility index (Phi) is 15.7. The maximum absolute atomic E-state index is 12.0. The number of unbranched alkanes of at least 4 members (excludes halogenated alkanes) is 5. The van der Waals surface area contributed by atoms with Gasteiger partial charge in [0.25, 0.3) is 5.91 Å². The molecule has 0 saturated heterocycles. The van der Waals surface area contributed by atoms with Crippen molar-refractivity contribution in [3.05, 3.63) is 35.9 Å². The van der Waals surface area contributed by atoms with Crippen molar-refractivity contribution in [2.45, 2.75) is 65.3 Å². The highest BCUT2D eigenvalue weighted by Crippen LogP contribution is 2.11. The van der Waals surface area contributed by atoms with Gasteiger partial charge >= 0.3 is 0 Å². The molecule has 10 heteroatoms. The molecule has 1 amide bonds. The quantitative estimate of drug-likeness (QED) is 0.180. The van der Waals surface area contributed by atoms with Crippen LogP contribution in [-0.2, 0) is 9.47 Å². The molecular weight excluding hydrogens is 470 g/mol. The van der Waals surface area contributed by atoms with Crippen LogP contribution in [0.1, 0.15) is 69.7 Å². The van der Waals surface area contributed by atoms with Gasteiger partial charge in [0, 0.05) is 31.2 Å². The Morgan fingerprint density at radius 2 is 1.35 bits per heavy atom. The standard InChI is InChI=1S/C27H45N7O3/c1-4-5-6-7-8-12-15-29-25-32-26(34-27(33-25)31-22(2)3)30-17-19-37-21-20-36-18-16-28-24(35)23-13-10-9-11-14-23/h9-11,13-14,22H,4-8,12,15-21H2,1-3H3,(H,28,35)(H3,29,30,31,32,33,34). The van der Waals surface area contributed by atoms with Gasteiger partial charge in [0.15, 0.2) is 0 Å². The van der Waals surface area contributed by atoms with E-state index in [1.807, 2.05) is 32.0 Å². The maximum atomic E-state index is 12.0. The Morgan fingerprint density at radius 1 is 0.757 bits per heavy atom. The molecule has 0 bridgehead atoms. The number of ether oxygens (including phenoxy) is 2. The van der Waals surface area contributed by atoms with E-state index in [2.05, 4.69) is 43.1 Å². The first kappa shape index (κ1) is 30.2. The fraction of sp³-hybridized carbons (Fsp3) is 0.630. The van der Waals surface area contributed by atoms with Crippen LogP contribution in [0.15, 0.2) is 30.3 Å². The summed E-state index contributed by atoms with van der Waals surface area (Å²) in [6, 6.07) is 9.35. The number of carbonyl (C=O) groups is 1. The zero-order valence-electron chi connectivity index (χ0n) is 22.7. The largest absolute Gasteiger partial charge is 0.377 e. The monoisotopic (exact) mass is 515 g/mol. The Hall–Kier alpha value is -2.98. The Bertz CT molecular complexity index is 868. The summed E-state index contributed by atoms with van der Waals surface area (Å²) < 4.78 is 11.1. The van der Waals surface area contributed by atoms with E-state index < -0.39 is 0 Å². The lowest BCUT2D eigenvalue weighted by Gasteiger charge is -2.13. The van der Waals surface area contributed by atoms with Crippen molar-refractivity contribution >= 4 is 23.8 Å². The van der Waals surface area contributed by atoms with Crippen LogP contribution in [0.2, 0.25) is 0 Å². The molecule has 2 rings (SSSR count). The van der Waals surface area contributed by atoms with Gasteiger partial charge in [0.1, 0.15) is 0 Å². The highest BCUT2D eigenvalue weighted by Gasteiger charge is 2.07. The first-order valence-corrected chi connectivity index (χ1v) is 13.6. The number of benzene rings is 1. The van der Waals surface area contributed by atoms with Crippen LogP contribution in [0.5, 0.6) is 0 Å². The Morgan fingerprint density at radius 3 is 2.03 bits per heavy atom. The van der Waals surface area contributed by atoms with Crippen molar-refractivity contribution in [1.82, 2.24) is 20.3 Å². The summed E-state index contributed by atoms with van der Waals surface area (Å²) in [5.74, 6) is 1.53. The van der Waals surface area contributed by atoms with Crippen molar-refractivity contribution in [3.8, 4) is 0 Å². The third-order valence-corrected chi connectivity index (χ3v) is 5.34. The van der Waals surface area contributed by atoms with Crippen LogP contribution in [0, 0.1) is 0 Å². The van der Waals surface area contributed by atoms with Crippen LogP contribution in [0.3, 0.4) is 0 Å². The van der Waals surface area contributed by atoms with E-state index in [9.17, 15) is 4.79 Å². The van der Waals surface area contributed by atoms with Gasteiger partial charge in [0.05, 0.1) is 26.4 Å². The molecule has 0 unspecified atom stereocenters. The van der Waals surface area contributed by atoms with E-state index in [0.29, 0.717) is 62.9 Å². The lowest BCUT2D eigenvalue weighted by atomic mass is 10.1. The molecule has 1 aromatic heterocycles. The summed E-state index contributed by atoms with van der Waals surface area (Å²) in [5, 5.41) is 12.6. The van der Waals surface area contributed by atoms with E-state index in [1.165, 1.54) is 32.1 Å². The van der Waals surface area contributed by atoms with Gasteiger partial charge in [-0.1, -0.05) is 57.2 Å². The maximum Gasteiger partial charge on any atom is 0.251 e. The SMILES string of the molecule is CCCCCCCCNc1nc(NCCOCCOCCNC(=O)c2ccccc2)nc(NC(C)C)n1. The molecule has 206 valence electrons. The molecule has 0 radical (unpaired) electrons. The van der Waals surface area contributed by atoms with Gasteiger partial charge in [-0.05, 0) is 32.4 Å². The van der Waals surface area contributed by atoms with E-state index in [1.54, 1.807) is 12.1 Å². The zero-order valence-corrected chi connectivity index (χ0v) is 22.7. The van der Waals surface area contributed by atoms with Crippen molar-refractivity contribution in [3.63, 3.8) is 0 Å². The van der Waals surface area contributed by atoms with Crippen LogP contribution in [0.4, 0.5) is 17.8 Å². The zero-order chi connectivity index (χ0) is 26.6. The molecule has 0 atom stereocenters. The number of aromatic nitrogens is 3. The summed E-state index contributed by atoms with van der Waals surface area (Å²) >= 11 is 0. The topological polar surface area (TPSA) is 122 Å². The number of nitrogens with zero attached hydrogens (tertiary/aromatic N) is 3. The summed E-state index contributed by atoms with van der Waals surface area (Å²) in [5.41, 5.74) is 0.643. The lowest BCUT2D eigenvalue weighted by Crippen LogP contribution is -2.27. The third-order valence-electron chi connectivity index (χ3n) is 5.34. The van der Waals surface area contributed by atoms with Gasteiger partial charge in [0.2, 0.25) is 17.8 Å². The molecule has 2 aromatic rings. The molecule has 0 aliphatic rings. The van der Waals surface area contributed by atoms with Gasteiger partial charge in [-0.2, -0.15) is 15.0 Å². The summed E-state index contributed by atoms with van der Waals surface area (Å²) in [6.07, 6.45) is 7.46. The number of hydrogen-bond acceptors (Lipinski definition) is 9. The van der Waals surface area contributed by atoms with Gasteiger partial charge < -0.3 is 30.7 Å². The predicted molar refractivity (Wildman–Crippen MR) is 149 cm³/mol. The Labute approximate surface area is 221 Å². The molecule has 37 heavy (non-hydrogen) atoms. The minimum atomic E-state index is -0.0997. The van der Waals surface area contributed by atoms with Gasteiger partial charge in [-0.15, -0.1) is 0 Å². The molecule has 0 aliphatic heterocycles. The van der Waals surface area contributed by atoms with Crippen molar-refractivity contribution < 1.29 is 14.3 Å². The summed E-state index contributed by atoms with van der Waals surface area (Å²) in [4.78, 5) is 25.4. The van der Waals surface area contributed by atoms with E-state index >= 15 is 0 Å². The van der Waals surface area contributed by atoms with E-state index in [-0.39, 0.29) is 11.9 Å². The van der Waals surface area contributed by atoms with Gasteiger partial charge in [-0.3, -0.25) is 4.79 Å². The lowest BCUT2D eigenvalue weighted by molar-refractivity contribution is 0.0519. The number of anilines is 3. The number of hydrogen-bond donors (Lipinski definition) is 4. The van der Waals surface area contributed by atoms with Crippen molar-refractivity contribution in [1.29, 1.82) is 0 Å². The molecule has 0 aliphatic carbocycles. The average Bonchev–Trinajstić information content (AvgIpc) is 2.89. The molecule has 1 aromatic carbocycles. The molecular formula is C27H45N7O3. The van der Waals surface area contributed by atoms with Crippen molar-refractivity contribution in [2.24, 2.45) is 0 Å². The van der Waals surface area contributed by atoms with Crippen LogP contribution in [0.25, 0.3) is 0 Å². The summed E-state index contributed by atoms with van der Waals surface area (Å²) in [7, 11) is 0. The van der Waals surface area contributed by atoms with Crippen LogP contribution < -0.4 is 21.3 Å². The fourth-order valence-corrected chi connectivity index (χ4v) is 3.45. The molecule has 10 nitrogen and oxygen atoms in total. The number of carbonyl (C=O) groups excluding carboxylic acids is 1. The number of rotatable bonds is 21. The fourth-order valence-electron chi connectivity index (χ4n) is 3.45. The van der Waals surface area contributed by atoms with Crippen molar-refractivity contribution in [2.75, 3.05) is 62.0 Å².